The summed E-state index contributed by atoms with van der Waals surface area (Å²) in [6.45, 7) is 0.0883. The highest BCUT2D eigenvalue weighted by Gasteiger charge is 2.18. The second-order valence-corrected chi connectivity index (χ2v) is 8.73. The van der Waals surface area contributed by atoms with E-state index in [-0.39, 0.29) is 12.3 Å². The molecule has 4 heteroatoms. The van der Waals surface area contributed by atoms with Crippen LogP contribution in [0.25, 0.3) is 0 Å². The second kappa shape index (κ2) is 12.7. The highest BCUT2D eigenvalue weighted by molar-refractivity contribution is 6.15. The van der Waals surface area contributed by atoms with Crippen molar-refractivity contribution in [3.8, 4) is 12.0 Å². The third kappa shape index (κ3) is 6.68. The predicted molar refractivity (Wildman–Crippen MR) is 161 cm³/mol. The number of Topliss-reactive ketones (excluding diaryl/α,β-unsaturated/α-hetero) is 1. The lowest BCUT2D eigenvalue weighted by atomic mass is 10.1. The molecule has 0 aliphatic carbocycles. The van der Waals surface area contributed by atoms with Crippen molar-refractivity contribution in [3.05, 3.63) is 157 Å². The van der Waals surface area contributed by atoms with Crippen LogP contribution < -0.4 is 9.80 Å². The average molecular weight is 506 g/mol. The van der Waals surface area contributed by atoms with Crippen molar-refractivity contribution in [3.63, 3.8) is 0 Å². The number of para-hydroxylation sites is 4. The fourth-order valence-electron chi connectivity index (χ4n) is 4.07. The maximum absolute atomic E-state index is 13.4. The number of aliphatic imine (C=N–C) groups is 1. The van der Waals surface area contributed by atoms with Crippen LogP contribution in [0.15, 0.2) is 157 Å². The van der Waals surface area contributed by atoms with Crippen LogP contribution in [0.3, 0.4) is 0 Å². The van der Waals surface area contributed by atoms with E-state index in [4.69, 9.17) is 4.99 Å². The van der Waals surface area contributed by atoms with Gasteiger partial charge in [-0.3, -0.25) is 9.69 Å². The minimum Gasteiger partial charge on any atom is -0.311 e. The smallest absolute Gasteiger partial charge is 0.188 e. The Morgan fingerprint density at radius 3 is 1.51 bits per heavy atom. The minimum absolute atomic E-state index is 0.0232. The molecule has 0 aliphatic rings. The molecule has 0 aromatic heterocycles. The number of amidine groups is 1. The summed E-state index contributed by atoms with van der Waals surface area (Å²) < 4.78 is 0. The van der Waals surface area contributed by atoms with Crippen LogP contribution in [0.4, 0.5) is 22.7 Å². The van der Waals surface area contributed by atoms with Gasteiger partial charge >= 0.3 is 0 Å². The van der Waals surface area contributed by atoms with Crippen molar-refractivity contribution in [2.24, 2.45) is 4.99 Å². The molecule has 0 spiro atoms. The van der Waals surface area contributed by atoms with E-state index in [1.165, 1.54) is 0 Å². The van der Waals surface area contributed by atoms with Crippen LogP contribution in [0.1, 0.15) is 10.4 Å². The standard InChI is InChI=1S/C35H27N3O/c39-34(29-16-6-1-7-17-29)28-38(33-24-14-5-15-25-33)35(36-30-18-8-2-9-19-30)26-27-37(31-20-10-3-11-21-31)32-22-12-4-13-23-32/h1-25H,28H2. The first-order valence-corrected chi connectivity index (χ1v) is 12.7. The number of rotatable bonds is 7. The zero-order chi connectivity index (χ0) is 26.7. The molecule has 0 N–H and O–H groups in total. The van der Waals surface area contributed by atoms with E-state index in [2.05, 4.69) is 12.0 Å². The van der Waals surface area contributed by atoms with E-state index in [1.807, 2.05) is 161 Å². The van der Waals surface area contributed by atoms with Gasteiger partial charge < -0.3 is 4.90 Å². The van der Waals surface area contributed by atoms with Gasteiger partial charge in [-0.05, 0) is 54.5 Å². The fourth-order valence-corrected chi connectivity index (χ4v) is 4.07. The molecule has 188 valence electrons. The van der Waals surface area contributed by atoms with E-state index in [0.717, 1.165) is 22.7 Å². The Kier molecular flexibility index (Phi) is 8.23. The van der Waals surface area contributed by atoms with Gasteiger partial charge in [0.05, 0.1) is 23.6 Å². The number of hydrogen-bond donors (Lipinski definition) is 0. The number of carbonyl (C=O) groups excluding carboxylic acids is 1. The normalized spacial score (nSPS) is 10.7. The molecule has 39 heavy (non-hydrogen) atoms. The summed E-state index contributed by atoms with van der Waals surface area (Å²) in [5.41, 5.74) is 4.09. The lowest BCUT2D eigenvalue weighted by Gasteiger charge is -2.23. The first kappa shape index (κ1) is 25.3. The molecular weight excluding hydrogens is 478 g/mol. The molecule has 5 aromatic rings. The lowest BCUT2D eigenvalue weighted by molar-refractivity contribution is 0.100. The van der Waals surface area contributed by atoms with Crippen molar-refractivity contribution in [2.45, 2.75) is 0 Å². The Bertz CT molecular complexity index is 1540. The Balaban J connectivity index is 1.62. The van der Waals surface area contributed by atoms with Crippen molar-refractivity contribution in [2.75, 3.05) is 16.3 Å². The predicted octanol–water partition coefficient (Wildman–Crippen LogP) is 7.91. The minimum atomic E-state index is -0.0232. The van der Waals surface area contributed by atoms with Crippen LogP contribution in [0.5, 0.6) is 0 Å². The van der Waals surface area contributed by atoms with Crippen molar-refractivity contribution in [1.82, 2.24) is 0 Å². The van der Waals surface area contributed by atoms with Crippen molar-refractivity contribution < 1.29 is 4.79 Å². The molecule has 0 bridgehead atoms. The van der Waals surface area contributed by atoms with Gasteiger partial charge in [0.25, 0.3) is 0 Å². The molecule has 4 nitrogen and oxygen atoms in total. The zero-order valence-corrected chi connectivity index (χ0v) is 21.4. The highest BCUT2D eigenvalue weighted by atomic mass is 16.1. The van der Waals surface area contributed by atoms with Gasteiger partial charge in [-0.15, -0.1) is 0 Å². The summed E-state index contributed by atoms with van der Waals surface area (Å²) in [4.78, 5) is 22.2. The SMILES string of the molecule is O=C(CN(C(C#CN(c1ccccc1)c1ccccc1)=Nc1ccccc1)c1ccccc1)c1ccccc1. The van der Waals surface area contributed by atoms with Gasteiger partial charge in [-0.2, -0.15) is 0 Å². The summed E-state index contributed by atoms with van der Waals surface area (Å²) in [7, 11) is 0. The number of carbonyl (C=O) groups is 1. The summed E-state index contributed by atoms with van der Waals surface area (Å²) >= 11 is 0. The number of benzene rings is 5. The first-order valence-electron chi connectivity index (χ1n) is 12.7. The van der Waals surface area contributed by atoms with Crippen LogP contribution in [-0.4, -0.2) is 18.2 Å². The van der Waals surface area contributed by atoms with Crippen LogP contribution in [0.2, 0.25) is 0 Å². The molecule has 5 rings (SSSR count). The maximum Gasteiger partial charge on any atom is 0.188 e. The molecule has 0 saturated heterocycles. The first-order chi connectivity index (χ1) is 19.3. The summed E-state index contributed by atoms with van der Waals surface area (Å²) in [5.74, 6) is 3.76. The molecular formula is C35H27N3O. The van der Waals surface area contributed by atoms with Crippen LogP contribution >= 0.6 is 0 Å². The van der Waals surface area contributed by atoms with Crippen LogP contribution in [0, 0.1) is 12.0 Å². The van der Waals surface area contributed by atoms with E-state index >= 15 is 0 Å². The van der Waals surface area contributed by atoms with E-state index in [1.54, 1.807) is 0 Å². The van der Waals surface area contributed by atoms with E-state index < -0.39 is 0 Å². The molecule has 0 heterocycles. The number of hydrogen-bond acceptors (Lipinski definition) is 3. The van der Waals surface area contributed by atoms with Gasteiger partial charge in [0.15, 0.2) is 11.6 Å². The van der Waals surface area contributed by atoms with Gasteiger partial charge in [-0.1, -0.05) is 103 Å². The quantitative estimate of drug-likeness (QED) is 0.0741. The maximum atomic E-state index is 13.4. The molecule has 0 radical (unpaired) electrons. The monoisotopic (exact) mass is 505 g/mol. The number of ketones is 1. The van der Waals surface area contributed by atoms with Crippen LogP contribution in [-0.2, 0) is 0 Å². The molecule has 0 unspecified atom stereocenters. The Morgan fingerprint density at radius 1 is 0.564 bits per heavy atom. The van der Waals surface area contributed by atoms with Gasteiger partial charge in [0.2, 0.25) is 0 Å². The number of nitrogens with zero attached hydrogens (tertiary/aromatic N) is 3. The van der Waals surface area contributed by atoms with E-state index in [9.17, 15) is 4.79 Å². The zero-order valence-electron chi connectivity index (χ0n) is 21.4. The Morgan fingerprint density at radius 2 is 1.00 bits per heavy atom. The largest absolute Gasteiger partial charge is 0.311 e. The van der Waals surface area contributed by atoms with Gasteiger partial charge in [0.1, 0.15) is 0 Å². The Labute approximate surface area is 229 Å². The number of anilines is 3. The van der Waals surface area contributed by atoms with E-state index in [0.29, 0.717) is 11.4 Å². The van der Waals surface area contributed by atoms with Gasteiger partial charge in [-0.25, -0.2) is 4.99 Å². The van der Waals surface area contributed by atoms with Gasteiger partial charge in [0, 0.05) is 17.3 Å². The molecule has 5 aromatic carbocycles. The molecule has 0 fully saturated rings. The summed E-state index contributed by atoms with van der Waals surface area (Å²) in [5, 5.41) is 0. The van der Waals surface area contributed by atoms with Crippen molar-refractivity contribution >= 4 is 34.4 Å². The Hall–Kier alpha value is -5.40. The summed E-state index contributed by atoms with van der Waals surface area (Å²) in [6, 6.07) is 52.1. The average Bonchev–Trinajstić information content (AvgIpc) is 3.02. The summed E-state index contributed by atoms with van der Waals surface area (Å²) in [6.07, 6.45) is 0. The third-order valence-electron chi connectivity index (χ3n) is 6.02. The second-order valence-electron chi connectivity index (χ2n) is 8.73. The third-order valence-corrected chi connectivity index (χ3v) is 6.02. The topological polar surface area (TPSA) is 35.9 Å². The highest BCUT2D eigenvalue weighted by Crippen LogP contribution is 2.24. The molecule has 0 aliphatic heterocycles. The molecule has 0 atom stereocenters. The lowest BCUT2D eigenvalue weighted by Crippen LogP contribution is -2.35. The fraction of sp³-hybridized carbons (Fsp3) is 0.0286. The van der Waals surface area contributed by atoms with Crippen molar-refractivity contribution in [1.29, 1.82) is 0 Å². The molecule has 0 saturated carbocycles. The molecule has 0 amide bonds.